The molecule has 88 valence electrons. The summed E-state index contributed by atoms with van der Waals surface area (Å²) < 4.78 is 8.14. The molecule has 1 heterocycles. The lowest BCUT2D eigenvalue weighted by Crippen LogP contribution is -2.54. The number of allylic oxidation sites excluding steroid dienone is 1. The smallest absolute Gasteiger partial charge is 0.119 e. The number of ether oxygens (including phenoxy) is 1. The summed E-state index contributed by atoms with van der Waals surface area (Å²) in [6.45, 7) is 13.7. The van der Waals surface area contributed by atoms with Gasteiger partial charge in [-0.05, 0) is 13.8 Å². The highest BCUT2D eigenvalue weighted by Crippen LogP contribution is 2.16. The second-order valence-corrected chi connectivity index (χ2v) is 12.5. The predicted molar refractivity (Wildman–Crippen MR) is 72.7 cm³/mol. The van der Waals surface area contributed by atoms with E-state index in [0.29, 0.717) is 0 Å². The van der Waals surface area contributed by atoms with Crippen molar-refractivity contribution in [3.05, 3.63) is 11.3 Å². The Morgan fingerprint density at radius 2 is 1.93 bits per heavy atom. The molecule has 0 aromatic rings. The molecule has 2 nitrogen and oxygen atoms in total. The van der Waals surface area contributed by atoms with Gasteiger partial charge in [0.05, 0.1) is 13.2 Å². The second-order valence-electron chi connectivity index (χ2n) is 5.23. The molecule has 1 rings (SSSR count). The Kier molecular flexibility index (Phi) is 5.25. The number of hydrogen-bond acceptors (Lipinski definition) is 2. The zero-order valence-corrected chi connectivity index (χ0v) is 13.1. The van der Waals surface area contributed by atoms with E-state index < -0.39 is 8.24 Å². The van der Waals surface area contributed by atoms with Crippen molar-refractivity contribution >= 4 is 17.8 Å². The van der Waals surface area contributed by atoms with Crippen LogP contribution in [0.1, 0.15) is 13.8 Å². The molecule has 4 heteroatoms. The van der Waals surface area contributed by atoms with Crippen LogP contribution in [0.3, 0.4) is 0 Å². The monoisotopic (exact) mass is 243 g/mol. The fraction of sp³-hybridized carbons (Fsp3) is 0.818. The van der Waals surface area contributed by atoms with Crippen LogP contribution in [0, 0.1) is 0 Å². The molecule has 1 aliphatic rings. The van der Waals surface area contributed by atoms with Gasteiger partial charge in [0.25, 0.3) is 0 Å². The van der Waals surface area contributed by atoms with Gasteiger partial charge in [0.15, 0.2) is 0 Å². The van der Waals surface area contributed by atoms with Crippen LogP contribution in [0.5, 0.6) is 0 Å². The van der Waals surface area contributed by atoms with Crippen LogP contribution in [0.4, 0.5) is 0 Å². The van der Waals surface area contributed by atoms with Crippen molar-refractivity contribution in [3.8, 4) is 0 Å². The number of hydrogen-bond donors (Lipinski definition) is 0. The Bertz CT molecular complexity index is 219. The highest BCUT2D eigenvalue weighted by Gasteiger charge is 2.29. The lowest BCUT2D eigenvalue weighted by Gasteiger charge is -2.39. The van der Waals surface area contributed by atoms with Crippen LogP contribution < -0.4 is 0 Å². The molecule has 0 aromatic heterocycles. The summed E-state index contributed by atoms with van der Waals surface area (Å²) in [4.78, 5) is 0. The molecule has 15 heavy (non-hydrogen) atoms. The summed E-state index contributed by atoms with van der Waals surface area (Å²) in [5, 5.41) is 0. The first-order valence-electron chi connectivity index (χ1n) is 5.98. The van der Waals surface area contributed by atoms with Gasteiger partial charge in [-0.15, -0.1) is 5.70 Å². The van der Waals surface area contributed by atoms with Gasteiger partial charge in [-0.3, -0.25) is 0 Å². The van der Waals surface area contributed by atoms with Crippen molar-refractivity contribution < 1.29 is 4.74 Å². The predicted octanol–water partition coefficient (Wildman–Crippen LogP) is 1.57. The molecule has 1 fully saturated rings. The number of nitrogens with zero attached hydrogens (tertiary/aromatic N) is 1. The first-order chi connectivity index (χ1) is 7.02. The maximum atomic E-state index is 5.42. The normalized spacial score (nSPS) is 19.7. The van der Waals surface area contributed by atoms with Crippen molar-refractivity contribution in [2.24, 2.45) is 0 Å². The summed E-state index contributed by atoms with van der Waals surface area (Å²) in [6, 6.07) is 0. The van der Waals surface area contributed by atoms with Gasteiger partial charge < -0.3 is 9.30 Å². The van der Waals surface area contributed by atoms with Crippen molar-refractivity contribution in [3.63, 3.8) is 0 Å². The molecule has 0 spiro atoms. The minimum atomic E-state index is -1.10. The summed E-state index contributed by atoms with van der Waals surface area (Å²) >= 11 is 0. The number of morpholine rings is 1. The van der Waals surface area contributed by atoms with Crippen LogP contribution in [-0.4, -0.2) is 48.6 Å². The topological polar surface area (TPSA) is 12.5 Å². The molecule has 1 saturated heterocycles. The molecule has 0 unspecified atom stereocenters. The quantitative estimate of drug-likeness (QED) is 0.695. The maximum Gasteiger partial charge on any atom is 0.119 e. The summed E-state index contributed by atoms with van der Waals surface area (Å²) in [7, 11) is -1.07. The van der Waals surface area contributed by atoms with E-state index in [1.807, 2.05) is 0 Å². The second kappa shape index (κ2) is 5.98. The Morgan fingerprint density at radius 3 is 2.47 bits per heavy atom. The van der Waals surface area contributed by atoms with E-state index in [2.05, 4.69) is 37.2 Å². The largest absolute Gasteiger partial charge is 0.379 e. The van der Waals surface area contributed by atoms with Gasteiger partial charge >= 0.3 is 0 Å². The van der Waals surface area contributed by atoms with E-state index >= 15 is 0 Å². The van der Waals surface area contributed by atoms with Crippen molar-refractivity contribution in [2.75, 3.05) is 26.3 Å². The minimum Gasteiger partial charge on any atom is -0.379 e. The van der Waals surface area contributed by atoms with Gasteiger partial charge in [-0.25, -0.2) is 0 Å². The third kappa shape index (κ3) is 4.63. The molecule has 0 saturated carbocycles. The van der Waals surface area contributed by atoms with Crippen molar-refractivity contribution in [2.45, 2.75) is 32.6 Å². The fourth-order valence-corrected chi connectivity index (χ4v) is 8.68. The van der Waals surface area contributed by atoms with Crippen LogP contribution in [0.2, 0.25) is 18.8 Å². The van der Waals surface area contributed by atoms with E-state index in [1.165, 1.54) is 24.3 Å². The van der Waals surface area contributed by atoms with Gasteiger partial charge in [0.2, 0.25) is 0 Å². The third-order valence-electron chi connectivity index (χ3n) is 3.18. The third-order valence-corrected chi connectivity index (χ3v) is 12.5. The van der Waals surface area contributed by atoms with Gasteiger partial charge in [0.1, 0.15) is 8.24 Å². The van der Waals surface area contributed by atoms with Gasteiger partial charge in [-0.2, -0.15) is 0 Å². The van der Waals surface area contributed by atoms with Crippen LogP contribution in [-0.2, 0) is 4.74 Å². The van der Waals surface area contributed by atoms with E-state index in [-0.39, 0.29) is 9.52 Å². The van der Waals surface area contributed by atoms with Crippen LogP contribution >= 0.6 is 0 Å². The summed E-state index contributed by atoms with van der Waals surface area (Å²) in [6.07, 6.45) is 0. The summed E-state index contributed by atoms with van der Waals surface area (Å²) in [5.41, 5.74) is 5.53. The molecule has 0 bridgehead atoms. The zero-order valence-electron chi connectivity index (χ0n) is 10.7. The lowest BCUT2D eigenvalue weighted by atomic mass is 10.4. The molecule has 0 radical (unpaired) electrons. The standard InChI is InChI=1S/C11H25NOSi2/c1-11(2)9-14-10-15(3,4)12-5-7-13-8-6-12/h9H,5-8,10,14H2,1-4H3. The molecule has 0 aliphatic carbocycles. The summed E-state index contributed by atoms with van der Waals surface area (Å²) in [5.74, 6) is 0. The molecule has 0 aromatic carbocycles. The molecular weight excluding hydrogens is 218 g/mol. The SMILES string of the molecule is CC(C)=C[SiH2]C[Si](C)(C)N1CCOCC1. The van der Waals surface area contributed by atoms with Crippen molar-refractivity contribution in [1.29, 1.82) is 0 Å². The Labute approximate surface area is 97.6 Å². The number of rotatable bonds is 4. The molecular formula is C11H25NOSi2. The fourth-order valence-electron chi connectivity index (χ4n) is 2.04. The highest BCUT2D eigenvalue weighted by molar-refractivity contribution is 6.82. The molecule has 0 atom stereocenters. The van der Waals surface area contributed by atoms with E-state index in [4.69, 9.17) is 4.74 Å². The zero-order chi connectivity index (χ0) is 11.3. The minimum absolute atomic E-state index is 0.0319. The molecule has 1 aliphatic heterocycles. The van der Waals surface area contributed by atoms with Gasteiger partial charge in [0, 0.05) is 22.6 Å². The molecule has 0 amide bonds. The van der Waals surface area contributed by atoms with Gasteiger partial charge in [-0.1, -0.05) is 24.3 Å². The molecule has 0 N–H and O–H groups in total. The lowest BCUT2D eigenvalue weighted by molar-refractivity contribution is 0.0691. The maximum absolute atomic E-state index is 5.42. The average molecular weight is 243 g/mol. The Hall–Kier alpha value is 0.0938. The first-order valence-corrected chi connectivity index (χ1v) is 11.0. The first kappa shape index (κ1) is 13.2. The van der Waals surface area contributed by atoms with Crippen molar-refractivity contribution in [1.82, 2.24) is 4.57 Å². The van der Waals surface area contributed by atoms with E-state index in [9.17, 15) is 0 Å². The average Bonchev–Trinajstić information content (AvgIpc) is 2.18. The Morgan fingerprint density at radius 1 is 1.33 bits per heavy atom. The van der Waals surface area contributed by atoms with Crippen LogP contribution in [0.15, 0.2) is 11.3 Å². The van der Waals surface area contributed by atoms with E-state index in [1.54, 1.807) is 0 Å². The highest BCUT2D eigenvalue weighted by atomic mass is 28.4. The Balaban J connectivity index is 2.38. The van der Waals surface area contributed by atoms with E-state index in [0.717, 1.165) is 13.2 Å². The van der Waals surface area contributed by atoms with Crippen LogP contribution in [0.25, 0.3) is 0 Å².